The van der Waals surface area contributed by atoms with Crippen LogP contribution in [0.1, 0.15) is 19.0 Å². The fourth-order valence-corrected chi connectivity index (χ4v) is 2.25. The van der Waals surface area contributed by atoms with E-state index < -0.39 is 11.4 Å². The van der Waals surface area contributed by atoms with E-state index in [1.807, 2.05) is 12.1 Å². The molecule has 1 saturated heterocycles. The molecular weight excluding hydrogens is 232 g/mol. The van der Waals surface area contributed by atoms with Gasteiger partial charge >= 0.3 is 5.97 Å². The van der Waals surface area contributed by atoms with Crippen molar-refractivity contribution in [3.63, 3.8) is 0 Å². The largest absolute Gasteiger partial charge is 0.481 e. The number of methoxy groups -OCH3 is 1. The number of carbonyl (C=O) groups is 1. The number of rotatable bonds is 4. The monoisotopic (exact) mass is 250 g/mol. The fourth-order valence-electron chi connectivity index (χ4n) is 2.25. The Hall–Kier alpha value is -1.62. The van der Waals surface area contributed by atoms with Crippen molar-refractivity contribution in [3.05, 3.63) is 23.9 Å². The molecule has 1 unspecified atom stereocenters. The van der Waals surface area contributed by atoms with Gasteiger partial charge in [0, 0.05) is 19.2 Å². The highest BCUT2D eigenvalue weighted by atomic mass is 16.5. The highest BCUT2D eigenvalue weighted by Gasteiger charge is 2.40. The Balaban J connectivity index is 2.01. The molecule has 1 aliphatic rings. The first-order chi connectivity index (χ1) is 8.53. The average molecular weight is 250 g/mol. The summed E-state index contributed by atoms with van der Waals surface area (Å²) in [7, 11) is 1.59. The van der Waals surface area contributed by atoms with E-state index in [2.05, 4.69) is 9.88 Å². The van der Waals surface area contributed by atoms with E-state index in [-0.39, 0.29) is 0 Å². The zero-order valence-corrected chi connectivity index (χ0v) is 10.7. The van der Waals surface area contributed by atoms with E-state index >= 15 is 0 Å². The molecule has 5 heteroatoms. The minimum atomic E-state index is -0.719. The second-order valence-corrected chi connectivity index (χ2v) is 5.00. The molecule has 0 aliphatic carbocycles. The van der Waals surface area contributed by atoms with Crippen molar-refractivity contribution in [1.29, 1.82) is 0 Å². The van der Waals surface area contributed by atoms with Crippen LogP contribution in [0.15, 0.2) is 18.2 Å². The first-order valence-electron chi connectivity index (χ1n) is 5.99. The molecule has 0 amide bonds. The van der Waals surface area contributed by atoms with E-state index in [0.717, 1.165) is 12.2 Å². The van der Waals surface area contributed by atoms with Gasteiger partial charge in [0.1, 0.15) is 0 Å². The lowest BCUT2D eigenvalue weighted by molar-refractivity contribution is -0.147. The van der Waals surface area contributed by atoms with Crippen molar-refractivity contribution in [2.45, 2.75) is 19.9 Å². The molecule has 1 aromatic rings. The molecule has 0 aromatic carbocycles. The summed E-state index contributed by atoms with van der Waals surface area (Å²) in [6.45, 7) is 3.83. The van der Waals surface area contributed by atoms with Crippen LogP contribution in [0.25, 0.3) is 0 Å². The summed E-state index contributed by atoms with van der Waals surface area (Å²) >= 11 is 0. The Morgan fingerprint density at radius 3 is 3.00 bits per heavy atom. The van der Waals surface area contributed by atoms with Crippen molar-refractivity contribution < 1.29 is 14.6 Å². The van der Waals surface area contributed by atoms with Gasteiger partial charge in [0.2, 0.25) is 5.88 Å². The molecule has 0 radical (unpaired) electrons. The summed E-state index contributed by atoms with van der Waals surface area (Å²) in [5.41, 5.74) is 0.280. The standard InChI is InChI=1S/C13H18N2O3/c1-13(12(16)17)6-7-15(9-13)8-10-4-3-5-11(14-10)18-2/h3-5H,6-9H2,1-2H3,(H,16,17). The third-order valence-electron chi connectivity index (χ3n) is 3.44. The summed E-state index contributed by atoms with van der Waals surface area (Å²) in [5.74, 6) is -0.128. The van der Waals surface area contributed by atoms with Gasteiger partial charge in [-0.05, 0) is 26.0 Å². The Bertz CT molecular complexity index is 450. The second kappa shape index (κ2) is 4.94. The molecular formula is C13H18N2O3. The number of aliphatic carboxylic acids is 1. The molecule has 1 fully saturated rings. The van der Waals surface area contributed by atoms with Crippen LogP contribution >= 0.6 is 0 Å². The molecule has 0 bridgehead atoms. The predicted octanol–water partition coefficient (Wildman–Crippen LogP) is 1.39. The Labute approximate surface area is 106 Å². The molecule has 2 heterocycles. The third-order valence-corrected chi connectivity index (χ3v) is 3.44. The smallest absolute Gasteiger partial charge is 0.310 e. The van der Waals surface area contributed by atoms with E-state index in [9.17, 15) is 9.90 Å². The van der Waals surface area contributed by atoms with Gasteiger partial charge < -0.3 is 9.84 Å². The van der Waals surface area contributed by atoms with Crippen LogP contribution in [0.5, 0.6) is 5.88 Å². The quantitative estimate of drug-likeness (QED) is 0.874. The van der Waals surface area contributed by atoms with Crippen LogP contribution in [-0.4, -0.2) is 41.2 Å². The lowest BCUT2D eigenvalue weighted by atomic mass is 9.90. The predicted molar refractivity (Wildman–Crippen MR) is 66.4 cm³/mol. The van der Waals surface area contributed by atoms with Crippen LogP contribution in [0.4, 0.5) is 0 Å². The van der Waals surface area contributed by atoms with Gasteiger partial charge in [-0.25, -0.2) is 4.98 Å². The first kappa shape index (κ1) is 12.8. The number of hydrogen-bond acceptors (Lipinski definition) is 4. The third kappa shape index (κ3) is 2.61. The maximum Gasteiger partial charge on any atom is 0.310 e. The molecule has 1 N–H and O–H groups in total. The van der Waals surface area contributed by atoms with Crippen LogP contribution in [-0.2, 0) is 11.3 Å². The molecule has 18 heavy (non-hydrogen) atoms. The number of ether oxygens (including phenoxy) is 1. The topological polar surface area (TPSA) is 62.7 Å². The number of likely N-dealkylation sites (tertiary alicyclic amines) is 1. The van der Waals surface area contributed by atoms with Gasteiger partial charge in [-0.2, -0.15) is 0 Å². The zero-order chi connectivity index (χ0) is 13.2. The maximum atomic E-state index is 11.2. The summed E-state index contributed by atoms with van der Waals surface area (Å²) in [6, 6.07) is 5.63. The fraction of sp³-hybridized carbons (Fsp3) is 0.538. The Kier molecular flexibility index (Phi) is 3.52. The molecule has 1 aliphatic heterocycles. The number of pyridine rings is 1. The molecule has 1 atom stereocenters. The van der Waals surface area contributed by atoms with Crippen molar-refractivity contribution >= 4 is 5.97 Å². The molecule has 5 nitrogen and oxygen atoms in total. The molecule has 0 saturated carbocycles. The first-order valence-corrected chi connectivity index (χ1v) is 5.99. The van der Waals surface area contributed by atoms with Crippen molar-refractivity contribution in [1.82, 2.24) is 9.88 Å². The van der Waals surface area contributed by atoms with Crippen LogP contribution in [0.3, 0.4) is 0 Å². The average Bonchev–Trinajstić information content (AvgIpc) is 2.72. The van der Waals surface area contributed by atoms with Crippen LogP contribution < -0.4 is 4.74 Å². The minimum absolute atomic E-state index is 0.571. The number of nitrogens with zero attached hydrogens (tertiary/aromatic N) is 2. The van der Waals surface area contributed by atoms with E-state index in [4.69, 9.17) is 4.74 Å². The highest BCUT2D eigenvalue weighted by Crippen LogP contribution is 2.30. The number of carboxylic acid groups (broad SMARTS) is 1. The van der Waals surface area contributed by atoms with Crippen molar-refractivity contribution in [2.24, 2.45) is 5.41 Å². The lowest BCUT2D eigenvalue weighted by Crippen LogP contribution is -2.31. The number of carboxylic acids is 1. The summed E-state index contributed by atoms with van der Waals surface area (Å²) in [4.78, 5) is 17.6. The van der Waals surface area contributed by atoms with Gasteiger partial charge in [-0.3, -0.25) is 9.69 Å². The van der Waals surface area contributed by atoms with Gasteiger partial charge in [0.25, 0.3) is 0 Å². The summed E-state index contributed by atoms with van der Waals surface area (Å²) < 4.78 is 5.07. The summed E-state index contributed by atoms with van der Waals surface area (Å²) in [6.07, 6.45) is 0.687. The van der Waals surface area contributed by atoms with E-state index in [0.29, 0.717) is 25.4 Å². The summed E-state index contributed by atoms with van der Waals surface area (Å²) in [5, 5.41) is 9.18. The van der Waals surface area contributed by atoms with Gasteiger partial charge in [0.05, 0.1) is 18.2 Å². The molecule has 0 spiro atoms. The lowest BCUT2D eigenvalue weighted by Gasteiger charge is -2.19. The molecule has 1 aromatic heterocycles. The van der Waals surface area contributed by atoms with Crippen molar-refractivity contribution in [2.75, 3.05) is 20.2 Å². The number of aromatic nitrogens is 1. The van der Waals surface area contributed by atoms with E-state index in [1.165, 1.54) is 0 Å². The molecule has 2 rings (SSSR count). The highest BCUT2D eigenvalue weighted by molar-refractivity contribution is 5.74. The van der Waals surface area contributed by atoms with Crippen LogP contribution in [0.2, 0.25) is 0 Å². The second-order valence-electron chi connectivity index (χ2n) is 5.00. The zero-order valence-electron chi connectivity index (χ0n) is 10.7. The van der Waals surface area contributed by atoms with Gasteiger partial charge in [0.15, 0.2) is 0 Å². The molecule has 98 valence electrons. The van der Waals surface area contributed by atoms with Crippen LogP contribution in [0, 0.1) is 5.41 Å². The normalized spacial score (nSPS) is 24.1. The van der Waals surface area contributed by atoms with Crippen molar-refractivity contribution in [3.8, 4) is 5.88 Å². The minimum Gasteiger partial charge on any atom is -0.481 e. The Morgan fingerprint density at radius 2 is 2.39 bits per heavy atom. The Morgan fingerprint density at radius 1 is 1.61 bits per heavy atom. The number of hydrogen-bond donors (Lipinski definition) is 1. The SMILES string of the molecule is COc1cccc(CN2CCC(C)(C(=O)O)C2)n1. The van der Waals surface area contributed by atoms with E-state index in [1.54, 1.807) is 20.1 Å². The van der Waals surface area contributed by atoms with Gasteiger partial charge in [-0.15, -0.1) is 0 Å². The van der Waals surface area contributed by atoms with Gasteiger partial charge in [-0.1, -0.05) is 6.07 Å². The maximum absolute atomic E-state index is 11.2.